The number of benzene rings is 1. The lowest BCUT2D eigenvalue weighted by Gasteiger charge is -2.37. The zero-order valence-corrected chi connectivity index (χ0v) is 19.1. The highest BCUT2D eigenvalue weighted by Gasteiger charge is 2.24. The summed E-state index contributed by atoms with van der Waals surface area (Å²) in [5, 5.41) is 3.25. The number of piperazine rings is 1. The molecule has 2 amide bonds. The molecule has 2 fully saturated rings. The van der Waals surface area contributed by atoms with Gasteiger partial charge < -0.3 is 15.0 Å². The summed E-state index contributed by atoms with van der Waals surface area (Å²) in [6, 6.07) is 14.2. The summed E-state index contributed by atoms with van der Waals surface area (Å²) < 4.78 is 5.53. The van der Waals surface area contributed by atoms with Gasteiger partial charge in [-0.2, -0.15) is 0 Å². The van der Waals surface area contributed by atoms with Gasteiger partial charge in [0.1, 0.15) is 11.6 Å². The van der Waals surface area contributed by atoms with Crippen molar-refractivity contribution in [1.29, 1.82) is 0 Å². The molecule has 4 rings (SSSR count). The number of aromatic nitrogens is 1. The minimum atomic E-state index is -0.0248. The molecule has 0 atom stereocenters. The van der Waals surface area contributed by atoms with Crippen molar-refractivity contribution in [2.75, 3.05) is 56.2 Å². The Kier molecular flexibility index (Phi) is 7.82. The molecule has 1 aromatic carbocycles. The number of para-hydroxylation sites is 2. The molecular formula is C25H35N5O2. The molecule has 0 bridgehead atoms. The summed E-state index contributed by atoms with van der Waals surface area (Å²) >= 11 is 0. The maximum Gasteiger partial charge on any atom is 0.323 e. The van der Waals surface area contributed by atoms with Crippen LogP contribution in [0.4, 0.5) is 16.3 Å². The predicted octanol–water partition coefficient (Wildman–Crippen LogP) is 3.76. The van der Waals surface area contributed by atoms with Crippen LogP contribution in [-0.2, 0) is 0 Å². The number of carbonyl (C=O) groups excluding carboxylic acids is 1. The smallest absolute Gasteiger partial charge is 0.323 e. The van der Waals surface area contributed by atoms with Gasteiger partial charge >= 0.3 is 6.03 Å². The van der Waals surface area contributed by atoms with Gasteiger partial charge in [0.05, 0.1) is 12.8 Å². The number of nitrogens with zero attached hydrogens (tertiary/aromatic N) is 4. The number of pyridine rings is 1. The summed E-state index contributed by atoms with van der Waals surface area (Å²) in [4.78, 5) is 24.2. The lowest BCUT2D eigenvalue weighted by Crippen LogP contribution is -2.51. The molecule has 32 heavy (non-hydrogen) atoms. The molecule has 7 heteroatoms. The van der Waals surface area contributed by atoms with E-state index in [0.717, 1.165) is 57.0 Å². The molecule has 0 spiro atoms. The number of ether oxygens (including phenoxy) is 1. The summed E-state index contributed by atoms with van der Waals surface area (Å²) in [6.07, 6.45) is 7.58. The number of methoxy groups -OCH3 is 1. The van der Waals surface area contributed by atoms with E-state index in [9.17, 15) is 4.79 Å². The van der Waals surface area contributed by atoms with E-state index in [1.807, 2.05) is 30.3 Å². The Bertz CT molecular complexity index is 848. The molecule has 1 saturated carbocycles. The number of nitrogens with one attached hydrogen (secondary N) is 1. The first-order chi connectivity index (χ1) is 15.7. The zero-order chi connectivity index (χ0) is 22.2. The van der Waals surface area contributed by atoms with Crippen LogP contribution in [0.5, 0.6) is 5.75 Å². The molecule has 7 nitrogen and oxygen atoms in total. The summed E-state index contributed by atoms with van der Waals surface area (Å²) in [5.41, 5.74) is 1.15. The molecular weight excluding hydrogens is 402 g/mol. The van der Waals surface area contributed by atoms with Crippen molar-refractivity contribution in [3.63, 3.8) is 0 Å². The van der Waals surface area contributed by atoms with Gasteiger partial charge in [-0.15, -0.1) is 0 Å². The topological polar surface area (TPSA) is 60.9 Å². The molecule has 172 valence electrons. The quantitative estimate of drug-likeness (QED) is 0.715. The predicted molar refractivity (Wildman–Crippen MR) is 129 cm³/mol. The van der Waals surface area contributed by atoms with Gasteiger partial charge in [0.15, 0.2) is 0 Å². The second-order valence-electron chi connectivity index (χ2n) is 8.62. The molecule has 1 saturated heterocycles. The van der Waals surface area contributed by atoms with Crippen LogP contribution >= 0.6 is 0 Å². The summed E-state index contributed by atoms with van der Waals surface area (Å²) in [6.45, 7) is 5.26. The van der Waals surface area contributed by atoms with Crippen molar-refractivity contribution in [3.8, 4) is 5.75 Å². The van der Waals surface area contributed by atoms with Crippen molar-refractivity contribution in [2.45, 2.75) is 38.1 Å². The number of rotatable bonds is 7. The van der Waals surface area contributed by atoms with E-state index in [1.54, 1.807) is 18.2 Å². The fraction of sp³-hybridized carbons (Fsp3) is 0.520. The van der Waals surface area contributed by atoms with Gasteiger partial charge in [-0.25, -0.2) is 9.78 Å². The summed E-state index contributed by atoms with van der Waals surface area (Å²) in [5.74, 6) is 1.63. The number of hydrogen-bond acceptors (Lipinski definition) is 5. The van der Waals surface area contributed by atoms with E-state index in [-0.39, 0.29) is 12.1 Å². The van der Waals surface area contributed by atoms with E-state index in [2.05, 4.69) is 32.2 Å². The molecule has 0 radical (unpaired) electrons. The Balaban J connectivity index is 1.33. The Morgan fingerprint density at radius 3 is 2.53 bits per heavy atom. The highest BCUT2D eigenvalue weighted by molar-refractivity contribution is 5.91. The average molecular weight is 438 g/mol. The Morgan fingerprint density at radius 1 is 1.06 bits per heavy atom. The Morgan fingerprint density at radius 2 is 1.81 bits per heavy atom. The average Bonchev–Trinajstić information content (AvgIpc) is 2.86. The maximum absolute atomic E-state index is 13.1. The number of urea groups is 1. The van der Waals surface area contributed by atoms with Crippen molar-refractivity contribution in [3.05, 3.63) is 48.7 Å². The first-order valence-corrected chi connectivity index (χ1v) is 11.8. The van der Waals surface area contributed by atoms with Crippen LogP contribution in [0.25, 0.3) is 0 Å². The number of amides is 2. The van der Waals surface area contributed by atoms with Crippen molar-refractivity contribution in [2.24, 2.45) is 0 Å². The van der Waals surface area contributed by atoms with Crippen LogP contribution in [0.2, 0.25) is 0 Å². The third kappa shape index (κ3) is 5.71. The first kappa shape index (κ1) is 22.4. The third-order valence-corrected chi connectivity index (χ3v) is 6.54. The Hall–Kier alpha value is -2.80. The highest BCUT2D eigenvalue weighted by atomic mass is 16.5. The molecule has 1 N–H and O–H groups in total. The molecule has 0 unspecified atom stereocenters. The lowest BCUT2D eigenvalue weighted by atomic mass is 9.96. The highest BCUT2D eigenvalue weighted by Crippen LogP contribution is 2.28. The minimum absolute atomic E-state index is 0.0248. The van der Waals surface area contributed by atoms with Gasteiger partial charge in [-0.05, 0) is 37.1 Å². The Labute approximate surface area is 191 Å². The molecule has 2 aromatic rings. The van der Waals surface area contributed by atoms with Gasteiger partial charge in [0.25, 0.3) is 0 Å². The van der Waals surface area contributed by atoms with Crippen molar-refractivity contribution in [1.82, 2.24) is 15.2 Å². The fourth-order valence-electron chi connectivity index (χ4n) is 4.68. The van der Waals surface area contributed by atoms with Gasteiger partial charge in [0, 0.05) is 51.5 Å². The van der Waals surface area contributed by atoms with Crippen molar-refractivity contribution >= 4 is 17.5 Å². The SMILES string of the molecule is COc1ccccc1N1CCN(CCN(C(=O)NC2CCCCC2)c2ccccn2)CC1. The molecule has 1 aliphatic carbocycles. The van der Waals surface area contributed by atoms with E-state index in [1.165, 1.54) is 19.3 Å². The molecule has 1 aromatic heterocycles. The number of hydrogen-bond donors (Lipinski definition) is 1. The zero-order valence-electron chi connectivity index (χ0n) is 19.1. The van der Waals surface area contributed by atoms with Gasteiger partial charge in [-0.3, -0.25) is 9.80 Å². The van der Waals surface area contributed by atoms with Crippen LogP contribution in [0, 0.1) is 0 Å². The van der Waals surface area contributed by atoms with Crippen LogP contribution < -0.4 is 19.9 Å². The summed E-state index contributed by atoms with van der Waals surface area (Å²) in [7, 11) is 1.72. The van der Waals surface area contributed by atoms with Crippen molar-refractivity contribution < 1.29 is 9.53 Å². The normalized spacial score (nSPS) is 17.7. The van der Waals surface area contributed by atoms with E-state index >= 15 is 0 Å². The standard InChI is InChI=1S/C25H35N5O2/c1-32-23-12-6-5-11-22(23)29-18-15-28(16-19-29)17-20-30(24-13-7-8-14-26-24)25(31)27-21-9-3-2-4-10-21/h5-8,11-14,21H,2-4,9-10,15-20H2,1H3,(H,27,31). The second kappa shape index (κ2) is 11.2. The second-order valence-corrected chi connectivity index (χ2v) is 8.62. The van der Waals surface area contributed by atoms with Crippen LogP contribution in [0.3, 0.4) is 0 Å². The number of anilines is 2. The van der Waals surface area contributed by atoms with Gasteiger partial charge in [-0.1, -0.05) is 37.5 Å². The van der Waals surface area contributed by atoms with Crippen LogP contribution in [0.15, 0.2) is 48.7 Å². The number of carbonyl (C=O) groups is 1. The lowest BCUT2D eigenvalue weighted by molar-refractivity contribution is 0.232. The molecule has 2 heterocycles. The largest absolute Gasteiger partial charge is 0.495 e. The molecule has 2 aliphatic rings. The maximum atomic E-state index is 13.1. The third-order valence-electron chi connectivity index (χ3n) is 6.54. The molecule has 1 aliphatic heterocycles. The van der Waals surface area contributed by atoms with Crippen LogP contribution in [0.1, 0.15) is 32.1 Å². The van der Waals surface area contributed by atoms with E-state index < -0.39 is 0 Å². The van der Waals surface area contributed by atoms with E-state index in [4.69, 9.17) is 4.74 Å². The monoisotopic (exact) mass is 437 g/mol. The minimum Gasteiger partial charge on any atom is -0.495 e. The first-order valence-electron chi connectivity index (χ1n) is 11.8. The van der Waals surface area contributed by atoms with Gasteiger partial charge in [0.2, 0.25) is 0 Å². The fourth-order valence-corrected chi connectivity index (χ4v) is 4.68. The van der Waals surface area contributed by atoms with Crippen LogP contribution in [-0.4, -0.2) is 68.3 Å². The van der Waals surface area contributed by atoms with E-state index in [0.29, 0.717) is 12.4 Å².